The van der Waals surface area contributed by atoms with E-state index in [0.717, 1.165) is 22.3 Å². The Morgan fingerprint density at radius 2 is 1.67 bits per heavy atom. The molecule has 2 aromatic carbocycles. The molecule has 2 aromatic rings. The van der Waals surface area contributed by atoms with E-state index in [9.17, 15) is 14.4 Å². The highest BCUT2D eigenvalue weighted by molar-refractivity contribution is 7.99. The summed E-state index contributed by atoms with van der Waals surface area (Å²) in [6.45, 7) is 0.785. The number of carbonyl (C=O) groups excluding carboxylic acids is 2. The minimum Gasteiger partial charge on any atom is -0.481 e. The van der Waals surface area contributed by atoms with Crippen molar-refractivity contribution < 1.29 is 24.2 Å². The molecule has 9 heteroatoms. The number of fused-ring (bicyclic) bond motifs is 3. The molecule has 0 bridgehead atoms. The van der Waals surface area contributed by atoms with Gasteiger partial charge in [0.05, 0.1) is 5.75 Å². The Kier molecular flexibility index (Phi) is 8.73. The van der Waals surface area contributed by atoms with Gasteiger partial charge in [0, 0.05) is 24.8 Å². The van der Waals surface area contributed by atoms with E-state index in [-0.39, 0.29) is 24.2 Å². The van der Waals surface area contributed by atoms with Gasteiger partial charge in [0.15, 0.2) is 0 Å². The Balaban J connectivity index is 1.56. The number of hydrogen-bond donors (Lipinski definition) is 3. The number of ether oxygens (including phenoxy) is 1. The van der Waals surface area contributed by atoms with Crippen molar-refractivity contribution in [1.29, 1.82) is 0 Å². The molecule has 0 aromatic heterocycles. The second-order valence-corrected chi connectivity index (χ2v) is 9.13. The number of hydrogen-bond acceptors (Lipinski definition) is 6. The largest absolute Gasteiger partial charge is 0.481 e. The Morgan fingerprint density at radius 1 is 1.06 bits per heavy atom. The van der Waals surface area contributed by atoms with Crippen LogP contribution in [-0.4, -0.2) is 79.3 Å². The number of benzene rings is 2. The van der Waals surface area contributed by atoms with Crippen LogP contribution in [0.2, 0.25) is 0 Å². The molecule has 0 spiro atoms. The quantitative estimate of drug-likeness (QED) is 0.432. The molecule has 33 heavy (non-hydrogen) atoms. The minimum atomic E-state index is -0.895. The summed E-state index contributed by atoms with van der Waals surface area (Å²) in [6, 6.07) is 15.4. The second-order valence-electron chi connectivity index (χ2n) is 8.02. The number of aliphatic carboxylic acids is 1. The van der Waals surface area contributed by atoms with Crippen molar-refractivity contribution in [2.45, 2.75) is 12.0 Å². The van der Waals surface area contributed by atoms with E-state index < -0.39 is 18.1 Å². The first-order chi connectivity index (χ1) is 15.9. The zero-order valence-electron chi connectivity index (χ0n) is 18.7. The number of carboxylic acids is 1. The minimum absolute atomic E-state index is 0.0189. The van der Waals surface area contributed by atoms with Crippen LogP contribution >= 0.6 is 11.8 Å². The summed E-state index contributed by atoms with van der Waals surface area (Å²) in [5.41, 5.74) is 4.53. The Morgan fingerprint density at radius 3 is 2.24 bits per heavy atom. The van der Waals surface area contributed by atoms with Crippen LogP contribution in [0.4, 0.5) is 4.79 Å². The number of nitrogens with one attached hydrogen (secondary N) is 2. The number of thioether (sulfide) groups is 1. The van der Waals surface area contributed by atoms with Crippen molar-refractivity contribution in [3.63, 3.8) is 0 Å². The lowest BCUT2D eigenvalue weighted by Gasteiger charge is -2.22. The highest BCUT2D eigenvalue weighted by atomic mass is 32.2. The summed E-state index contributed by atoms with van der Waals surface area (Å²) in [4.78, 5) is 37.5. The zero-order chi connectivity index (χ0) is 23.8. The molecule has 0 saturated carbocycles. The van der Waals surface area contributed by atoms with Crippen molar-refractivity contribution in [2.24, 2.45) is 0 Å². The molecule has 1 aliphatic carbocycles. The first kappa shape index (κ1) is 24.6. The summed E-state index contributed by atoms with van der Waals surface area (Å²) in [7, 11) is 3.62. The average molecular weight is 472 g/mol. The first-order valence-corrected chi connectivity index (χ1v) is 11.9. The zero-order valence-corrected chi connectivity index (χ0v) is 19.6. The van der Waals surface area contributed by atoms with Crippen molar-refractivity contribution in [3.8, 4) is 11.1 Å². The van der Waals surface area contributed by atoms with E-state index in [4.69, 9.17) is 9.84 Å². The number of carboxylic acid groups (broad SMARTS) is 1. The average Bonchev–Trinajstić information content (AvgIpc) is 3.10. The number of rotatable bonds is 11. The lowest BCUT2D eigenvalue weighted by atomic mass is 9.98. The lowest BCUT2D eigenvalue weighted by molar-refractivity contribution is -0.133. The molecule has 176 valence electrons. The summed E-state index contributed by atoms with van der Waals surface area (Å²) < 4.78 is 5.55. The van der Waals surface area contributed by atoms with Gasteiger partial charge >= 0.3 is 12.1 Å². The van der Waals surface area contributed by atoms with Crippen LogP contribution in [0.1, 0.15) is 17.0 Å². The number of nitrogens with zero attached hydrogens (tertiary/aromatic N) is 1. The van der Waals surface area contributed by atoms with E-state index in [1.54, 1.807) is 4.90 Å². The van der Waals surface area contributed by atoms with Crippen LogP contribution < -0.4 is 10.6 Å². The van der Waals surface area contributed by atoms with Crippen LogP contribution in [0.5, 0.6) is 0 Å². The molecule has 8 nitrogen and oxygen atoms in total. The summed E-state index contributed by atoms with van der Waals surface area (Å²) in [5.74, 6) is -0.843. The molecule has 0 fully saturated rings. The monoisotopic (exact) mass is 471 g/mol. The molecule has 1 atom stereocenters. The topological polar surface area (TPSA) is 108 Å². The fourth-order valence-corrected chi connectivity index (χ4v) is 4.44. The molecule has 0 radical (unpaired) electrons. The van der Waals surface area contributed by atoms with Gasteiger partial charge in [0.1, 0.15) is 12.6 Å². The Labute approximate surface area is 197 Å². The molecule has 3 N–H and O–H groups in total. The Hall–Kier alpha value is -3.04. The molecule has 0 aliphatic heterocycles. The molecule has 3 rings (SSSR count). The van der Waals surface area contributed by atoms with Gasteiger partial charge in [-0.25, -0.2) is 4.79 Å². The van der Waals surface area contributed by atoms with Crippen molar-refractivity contribution in [1.82, 2.24) is 15.5 Å². The summed E-state index contributed by atoms with van der Waals surface area (Å²) >= 11 is 1.22. The van der Waals surface area contributed by atoms with Gasteiger partial charge in [0.25, 0.3) is 0 Å². The molecule has 0 saturated heterocycles. The number of carbonyl (C=O) groups is 3. The second kappa shape index (κ2) is 11.7. The van der Waals surface area contributed by atoms with Crippen molar-refractivity contribution in [3.05, 3.63) is 59.7 Å². The lowest BCUT2D eigenvalue weighted by Crippen LogP contribution is -2.52. The third-order valence-electron chi connectivity index (χ3n) is 5.27. The summed E-state index contributed by atoms with van der Waals surface area (Å²) in [6.07, 6.45) is -0.654. The SMILES string of the molecule is CN(C)C[C@H](NC(=O)OCC1c2ccccc2-c2ccccc21)C(=O)NCCSCC(=O)O. The van der Waals surface area contributed by atoms with Gasteiger partial charge in [-0.2, -0.15) is 0 Å². The maximum absolute atomic E-state index is 12.6. The van der Waals surface area contributed by atoms with E-state index in [1.807, 2.05) is 50.5 Å². The molecule has 0 unspecified atom stereocenters. The smallest absolute Gasteiger partial charge is 0.407 e. The van der Waals surface area contributed by atoms with Crippen LogP contribution in [0.25, 0.3) is 11.1 Å². The molecular weight excluding hydrogens is 442 g/mol. The molecule has 0 heterocycles. The predicted molar refractivity (Wildman–Crippen MR) is 129 cm³/mol. The third-order valence-corrected chi connectivity index (χ3v) is 6.22. The van der Waals surface area contributed by atoms with Gasteiger partial charge < -0.3 is 25.4 Å². The number of likely N-dealkylation sites (N-methyl/N-ethyl adjacent to an activating group) is 1. The van der Waals surface area contributed by atoms with Gasteiger partial charge in [-0.1, -0.05) is 48.5 Å². The van der Waals surface area contributed by atoms with E-state index in [1.165, 1.54) is 11.8 Å². The van der Waals surface area contributed by atoms with E-state index in [0.29, 0.717) is 18.8 Å². The van der Waals surface area contributed by atoms with Gasteiger partial charge in [-0.05, 0) is 36.3 Å². The summed E-state index contributed by atoms with van der Waals surface area (Å²) in [5, 5.41) is 14.1. The van der Waals surface area contributed by atoms with Crippen LogP contribution in [-0.2, 0) is 14.3 Å². The van der Waals surface area contributed by atoms with Crippen molar-refractivity contribution in [2.75, 3.05) is 45.3 Å². The predicted octanol–water partition coefficient (Wildman–Crippen LogP) is 2.39. The van der Waals surface area contributed by atoms with E-state index >= 15 is 0 Å². The number of alkyl carbamates (subject to hydrolysis) is 1. The first-order valence-electron chi connectivity index (χ1n) is 10.7. The number of amides is 2. The van der Waals surface area contributed by atoms with Crippen LogP contribution in [0.3, 0.4) is 0 Å². The highest BCUT2D eigenvalue weighted by Gasteiger charge is 2.29. The fraction of sp³-hybridized carbons (Fsp3) is 0.375. The Bertz CT molecular complexity index is 952. The molecule has 1 aliphatic rings. The van der Waals surface area contributed by atoms with Gasteiger partial charge in [0.2, 0.25) is 5.91 Å². The third kappa shape index (κ3) is 6.72. The van der Waals surface area contributed by atoms with Gasteiger partial charge in [-0.15, -0.1) is 11.8 Å². The van der Waals surface area contributed by atoms with Gasteiger partial charge in [-0.3, -0.25) is 9.59 Å². The maximum Gasteiger partial charge on any atom is 0.407 e. The van der Waals surface area contributed by atoms with Crippen molar-refractivity contribution >= 4 is 29.7 Å². The molecular formula is C24H29N3O5S. The standard InChI is InChI=1S/C24H29N3O5S/c1-27(2)13-21(23(30)25-11-12-33-15-22(28)29)26-24(31)32-14-20-18-9-5-3-7-16(18)17-8-4-6-10-19(17)20/h3-10,20-21H,11-15H2,1-2H3,(H,25,30)(H,26,31)(H,28,29)/t21-/m0/s1. The maximum atomic E-state index is 12.6. The van der Waals surface area contributed by atoms with E-state index in [2.05, 4.69) is 22.8 Å². The van der Waals surface area contributed by atoms with Crippen LogP contribution in [0, 0.1) is 0 Å². The highest BCUT2D eigenvalue weighted by Crippen LogP contribution is 2.44. The fourth-order valence-electron chi connectivity index (χ4n) is 3.87. The normalized spacial score (nSPS) is 13.2. The van der Waals surface area contributed by atoms with Crippen LogP contribution in [0.15, 0.2) is 48.5 Å². The molecule has 2 amide bonds.